The highest BCUT2D eigenvalue weighted by atomic mass is 16.5. The number of aromatic hydroxyl groups is 2. The quantitative estimate of drug-likeness (QED) is 0.414. The van der Waals surface area contributed by atoms with Gasteiger partial charge in [-0.2, -0.15) is 0 Å². The van der Waals surface area contributed by atoms with Crippen molar-refractivity contribution < 1.29 is 19.7 Å². The maximum Gasteiger partial charge on any atom is 0.119 e. The number of fused-ring (bicyclic) bond motifs is 2. The predicted molar refractivity (Wildman–Crippen MR) is 116 cm³/mol. The number of rotatable bonds is 7. The molecule has 0 bridgehead atoms. The zero-order valence-corrected chi connectivity index (χ0v) is 16.3. The van der Waals surface area contributed by atoms with E-state index in [1.807, 2.05) is 48.5 Å². The molecule has 4 rings (SSSR count). The maximum atomic E-state index is 9.64. The monoisotopic (exact) mass is 388 g/mol. The van der Waals surface area contributed by atoms with Gasteiger partial charge >= 0.3 is 0 Å². The van der Waals surface area contributed by atoms with Crippen molar-refractivity contribution in [1.29, 1.82) is 0 Å². The van der Waals surface area contributed by atoms with Crippen LogP contribution in [0.2, 0.25) is 0 Å². The zero-order chi connectivity index (χ0) is 20.2. The number of hydrogen-bond donors (Lipinski definition) is 2. The summed E-state index contributed by atoms with van der Waals surface area (Å²) in [7, 11) is 0. The van der Waals surface area contributed by atoms with Gasteiger partial charge in [-0.25, -0.2) is 0 Å². The Kier molecular flexibility index (Phi) is 5.43. The van der Waals surface area contributed by atoms with E-state index in [4.69, 9.17) is 9.47 Å². The second-order valence-corrected chi connectivity index (χ2v) is 7.44. The summed E-state index contributed by atoms with van der Waals surface area (Å²) in [5.41, 5.74) is 0. The van der Waals surface area contributed by atoms with Crippen LogP contribution in [0.5, 0.6) is 23.0 Å². The van der Waals surface area contributed by atoms with Crippen LogP contribution < -0.4 is 9.47 Å². The number of ether oxygens (including phenoxy) is 2. The fourth-order valence-electron chi connectivity index (χ4n) is 3.30. The van der Waals surface area contributed by atoms with E-state index in [0.717, 1.165) is 39.5 Å². The maximum absolute atomic E-state index is 9.64. The summed E-state index contributed by atoms with van der Waals surface area (Å²) in [4.78, 5) is 0. The van der Waals surface area contributed by atoms with Crippen LogP contribution in [0.1, 0.15) is 13.3 Å². The van der Waals surface area contributed by atoms with Crippen LogP contribution in [-0.4, -0.2) is 23.4 Å². The van der Waals surface area contributed by atoms with E-state index in [9.17, 15) is 10.2 Å². The van der Waals surface area contributed by atoms with Crippen molar-refractivity contribution in [3.05, 3.63) is 72.8 Å². The van der Waals surface area contributed by atoms with E-state index in [1.54, 1.807) is 24.3 Å². The van der Waals surface area contributed by atoms with Gasteiger partial charge in [0.25, 0.3) is 0 Å². The fraction of sp³-hybridized carbons (Fsp3) is 0.200. The van der Waals surface area contributed by atoms with Gasteiger partial charge < -0.3 is 19.7 Å². The van der Waals surface area contributed by atoms with Crippen molar-refractivity contribution in [2.24, 2.45) is 5.92 Å². The lowest BCUT2D eigenvalue weighted by Crippen LogP contribution is -2.12. The molecule has 0 spiro atoms. The van der Waals surface area contributed by atoms with Crippen LogP contribution in [0.3, 0.4) is 0 Å². The molecule has 0 aromatic heterocycles. The second kappa shape index (κ2) is 8.31. The molecular formula is C25H24O4. The van der Waals surface area contributed by atoms with E-state index in [2.05, 4.69) is 6.92 Å². The molecule has 0 amide bonds. The zero-order valence-electron chi connectivity index (χ0n) is 16.3. The highest BCUT2D eigenvalue weighted by molar-refractivity contribution is 5.85. The van der Waals surface area contributed by atoms with Crippen LogP contribution in [0.4, 0.5) is 0 Å². The Bertz CT molecular complexity index is 1140. The van der Waals surface area contributed by atoms with Gasteiger partial charge in [-0.1, -0.05) is 31.2 Å². The number of phenols is 2. The van der Waals surface area contributed by atoms with Gasteiger partial charge in [0.05, 0.1) is 13.2 Å². The van der Waals surface area contributed by atoms with Crippen molar-refractivity contribution >= 4 is 21.5 Å². The molecule has 148 valence electrons. The minimum absolute atomic E-state index is 0.254. The van der Waals surface area contributed by atoms with Gasteiger partial charge in [-0.15, -0.1) is 0 Å². The van der Waals surface area contributed by atoms with Gasteiger partial charge in [0.15, 0.2) is 0 Å². The molecule has 4 aromatic carbocycles. The Morgan fingerprint density at radius 3 is 1.76 bits per heavy atom. The van der Waals surface area contributed by atoms with Crippen LogP contribution in [-0.2, 0) is 0 Å². The third-order valence-corrected chi connectivity index (χ3v) is 5.00. The van der Waals surface area contributed by atoms with E-state index in [1.165, 1.54) is 0 Å². The Morgan fingerprint density at radius 1 is 0.655 bits per heavy atom. The van der Waals surface area contributed by atoms with E-state index in [-0.39, 0.29) is 11.5 Å². The lowest BCUT2D eigenvalue weighted by molar-refractivity contribution is 0.218. The topological polar surface area (TPSA) is 58.9 Å². The summed E-state index contributed by atoms with van der Waals surface area (Å²) in [6.45, 7) is 3.33. The summed E-state index contributed by atoms with van der Waals surface area (Å²) in [5.74, 6) is 2.43. The Labute approximate surface area is 169 Å². The molecular weight excluding hydrogens is 364 g/mol. The van der Waals surface area contributed by atoms with Crippen LogP contribution in [0, 0.1) is 5.92 Å². The highest BCUT2D eigenvalue weighted by Gasteiger charge is 2.06. The summed E-state index contributed by atoms with van der Waals surface area (Å²) < 4.78 is 11.8. The largest absolute Gasteiger partial charge is 0.508 e. The Hall–Kier alpha value is -3.40. The molecule has 0 saturated heterocycles. The Balaban J connectivity index is 1.28. The molecule has 2 N–H and O–H groups in total. The molecule has 4 aromatic rings. The molecule has 4 heteroatoms. The first kappa shape index (κ1) is 18.9. The third kappa shape index (κ3) is 4.72. The summed E-state index contributed by atoms with van der Waals surface area (Å²) >= 11 is 0. The molecule has 0 heterocycles. The number of benzene rings is 4. The molecule has 4 nitrogen and oxygen atoms in total. The molecule has 0 fully saturated rings. The van der Waals surface area contributed by atoms with E-state index < -0.39 is 0 Å². The fourth-order valence-corrected chi connectivity index (χ4v) is 3.30. The second-order valence-electron chi connectivity index (χ2n) is 7.44. The summed E-state index contributed by atoms with van der Waals surface area (Å²) in [6.07, 6.45) is 0.868. The van der Waals surface area contributed by atoms with Crippen molar-refractivity contribution in [3.63, 3.8) is 0 Å². The van der Waals surface area contributed by atoms with Crippen LogP contribution >= 0.6 is 0 Å². The molecule has 0 aliphatic heterocycles. The van der Waals surface area contributed by atoms with Gasteiger partial charge in [0.1, 0.15) is 23.0 Å². The van der Waals surface area contributed by atoms with E-state index >= 15 is 0 Å². The first-order valence-corrected chi connectivity index (χ1v) is 9.78. The van der Waals surface area contributed by atoms with Crippen molar-refractivity contribution in [3.8, 4) is 23.0 Å². The first-order valence-electron chi connectivity index (χ1n) is 9.78. The standard InChI is InChI=1S/C25H24O4/c1-17(16-29-25-9-5-19-3-7-23(27)13-21(19)15-25)10-11-28-24-8-4-18-2-6-22(26)12-20(18)14-24/h2-9,12-15,17,26-27H,10-11,16H2,1H3. The van der Waals surface area contributed by atoms with Gasteiger partial charge in [-0.05, 0) is 82.4 Å². The minimum atomic E-state index is 0.254. The van der Waals surface area contributed by atoms with Crippen molar-refractivity contribution in [2.45, 2.75) is 13.3 Å². The van der Waals surface area contributed by atoms with Crippen molar-refractivity contribution in [2.75, 3.05) is 13.2 Å². The predicted octanol–water partition coefficient (Wildman–Crippen LogP) is 5.89. The summed E-state index contributed by atoms with van der Waals surface area (Å²) in [6, 6.07) is 22.4. The molecule has 1 unspecified atom stereocenters. The van der Waals surface area contributed by atoms with Gasteiger partial charge in [0, 0.05) is 0 Å². The highest BCUT2D eigenvalue weighted by Crippen LogP contribution is 2.26. The SMILES string of the molecule is CC(CCOc1ccc2ccc(O)cc2c1)COc1ccc2ccc(O)cc2c1. The smallest absolute Gasteiger partial charge is 0.119 e. The minimum Gasteiger partial charge on any atom is -0.508 e. The molecule has 1 atom stereocenters. The first-order chi connectivity index (χ1) is 14.1. The van der Waals surface area contributed by atoms with E-state index in [0.29, 0.717) is 19.1 Å². The Morgan fingerprint density at radius 2 is 1.17 bits per heavy atom. The molecule has 29 heavy (non-hydrogen) atoms. The molecule has 0 aliphatic carbocycles. The van der Waals surface area contributed by atoms with Crippen molar-refractivity contribution in [1.82, 2.24) is 0 Å². The molecule has 0 aliphatic rings. The molecule has 0 saturated carbocycles. The molecule has 0 radical (unpaired) electrons. The van der Waals surface area contributed by atoms with Crippen LogP contribution in [0.15, 0.2) is 72.8 Å². The number of hydrogen-bond acceptors (Lipinski definition) is 4. The third-order valence-electron chi connectivity index (χ3n) is 5.00. The normalized spacial score (nSPS) is 12.2. The number of phenolic OH excluding ortho intramolecular Hbond substituents is 2. The van der Waals surface area contributed by atoms with Gasteiger partial charge in [-0.3, -0.25) is 0 Å². The van der Waals surface area contributed by atoms with Crippen LogP contribution in [0.25, 0.3) is 21.5 Å². The summed E-state index contributed by atoms with van der Waals surface area (Å²) in [5, 5.41) is 23.3. The lowest BCUT2D eigenvalue weighted by Gasteiger charge is -2.14. The lowest BCUT2D eigenvalue weighted by atomic mass is 10.1. The average Bonchev–Trinajstić information content (AvgIpc) is 2.71. The van der Waals surface area contributed by atoms with Gasteiger partial charge in [0.2, 0.25) is 0 Å². The average molecular weight is 388 g/mol.